The molecular weight excluding hydrogens is 236 g/mol. The van der Waals surface area contributed by atoms with Gasteiger partial charge in [0.25, 0.3) is 5.91 Å². The molecule has 0 aliphatic carbocycles. The molecule has 3 nitrogen and oxygen atoms in total. The van der Waals surface area contributed by atoms with Gasteiger partial charge in [-0.2, -0.15) is 0 Å². The average Bonchev–Trinajstić information content (AvgIpc) is 2.40. The number of nitrogens with one attached hydrogen (secondary N) is 1. The highest BCUT2D eigenvalue weighted by atomic mass is 16.1. The lowest BCUT2D eigenvalue weighted by Crippen LogP contribution is -2.26. The van der Waals surface area contributed by atoms with E-state index in [4.69, 9.17) is 5.73 Å². The third-order valence-electron chi connectivity index (χ3n) is 3.10. The molecule has 0 spiro atoms. The van der Waals surface area contributed by atoms with Crippen LogP contribution in [0.5, 0.6) is 0 Å². The molecule has 0 saturated carbocycles. The fourth-order valence-corrected chi connectivity index (χ4v) is 1.85. The van der Waals surface area contributed by atoms with Gasteiger partial charge in [0, 0.05) is 11.3 Å². The summed E-state index contributed by atoms with van der Waals surface area (Å²) in [5, 5.41) is 2.97. The largest absolute Gasteiger partial charge is 0.399 e. The van der Waals surface area contributed by atoms with Crippen LogP contribution in [-0.4, -0.2) is 5.91 Å². The van der Waals surface area contributed by atoms with E-state index in [2.05, 4.69) is 5.32 Å². The lowest BCUT2D eigenvalue weighted by atomic mass is 10.1. The van der Waals surface area contributed by atoms with Gasteiger partial charge in [-0.1, -0.05) is 29.8 Å². The van der Waals surface area contributed by atoms with Crippen LogP contribution in [-0.2, 0) is 0 Å². The van der Waals surface area contributed by atoms with Gasteiger partial charge in [-0.05, 0) is 43.7 Å². The van der Waals surface area contributed by atoms with Crippen molar-refractivity contribution in [2.75, 3.05) is 5.73 Å². The molecule has 0 fully saturated rings. The van der Waals surface area contributed by atoms with Crippen LogP contribution in [0.15, 0.2) is 48.5 Å². The second-order valence-corrected chi connectivity index (χ2v) is 4.73. The number of anilines is 1. The van der Waals surface area contributed by atoms with Gasteiger partial charge in [0.1, 0.15) is 0 Å². The molecule has 2 aromatic carbocycles. The number of amides is 1. The second-order valence-electron chi connectivity index (χ2n) is 4.73. The fraction of sp³-hybridized carbons (Fsp3) is 0.188. The molecule has 0 aliphatic rings. The zero-order chi connectivity index (χ0) is 13.8. The highest BCUT2D eigenvalue weighted by molar-refractivity contribution is 5.94. The predicted octanol–water partition coefficient (Wildman–Crippen LogP) is 3.07. The molecule has 0 heterocycles. The van der Waals surface area contributed by atoms with Gasteiger partial charge in [0.05, 0.1) is 6.04 Å². The number of nitrogen functional groups attached to an aromatic ring is 1. The number of aryl methyl sites for hydroxylation is 1. The molecule has 2 aromatic rings. The third kappa shape index (κ3) is 3.35. The SMILES string of the molecule is Cc1ccc([C@@H](C)NC(=O)c2ccc(N)cc2)cc1. The highest BCUT2D eigenvalue weighted by Crippen LogP contribution is 2.14. The van der Waals surface area contributed by atoms with E-state index in [-0.39, 0.29) is 11.9 Å². The molecule has 0 aromatic heterocycles. The maximum atomic E-state index is 12.1. The molecule has 0 saturated heterocycles. The highest BCUT2D eigenvalue weighted by Gasteiger charge is 2.10. The Hall–Kier alpha value is -2.29. The Kier molecular flexibility index (Phi) is 3.85. The molecular formula is C16H18N2O. The minimum absolute atomic E-state index is 0.0225. The maximum Gasteiger partial charge on any atom is 0.251 e. The fourth-order valence-electron chi connectivity index (χ4n) is 1.85. The molecule has 0 unspecified atom stereocenters. The number of rotatable bonds is 3. The zero-order valence-electron chi connectivity index (χ0n) is 11.2. The number of carbonyl (C=O) groups excluding carboxylic acids is 1. The van der Waals surface area contributed by atoms with Crippen LogP contribution in [0.3, 0.4) is 0 Å². The first-order chi connectivity index (χ1) is 9.06. The molecule has 98 valence electrons. The summed E-state index contributed by atoms with van der Waals surface area (Å²) in [6.45, 7) is 4.02. The molecule has 19 heavy (non-hydrogen) atoms. The lowest BCUT2D eigenvalue weighted by molar-refractivity contribution is 0.0940. The van der Waals surface area contributed by atoms with Gasteiger partial charge < -0.3 is 11.1 Å². The molecule has 2 rings (SSSR count). The van der Waals surface area contributed by atoms with E-state index in [1.165, 1.54) is 5.56 Å². The van der Waals surface area contributed by atoms with E-state index in [1.54, 1.807) is 24.3 Å². The summed E-state index contributed by atoms with van der Waals surface area (Å²) in [5.74, 6) is -0.0897. The van der Waals surface area contributed by atoms with Crippen LogP contribution in [0.4, 0.5) is 5.69 Å². The third-order valence-corrected chi connectivity index (χ3v) is 3.10. The van der Waals surface area contributed by atoms with E-state index in [0.717, 1.165) is 5.56 Å². The number of benzene rings is 2. The Morgan fingerprint density at radius 1 is 1.05 bits per heavy atom. The molecule has 3 heteroatoms. The second kappa shape index (κ2) is 5.57. The van der Waals surface area contributed by atoms with Gasteiger partial charge >= 0.3 is 0 Å². The number of hydrogen-bond donors (Lipinski definition) is 2. The van der Waals surface area contributed by atoms with Crippen molar-refractivity contribution in [2.24, 2.45) is 0 Å². The van der Waals surface area contributed by atoms with E-state index in [9.17, 15) is 4.79 Å². The number of hydrogen-bond acceptors (Lipinski definition) is 2. The summed E-state index contributed by atoms with van der Waals surface area (Å²) in [7, 11) is 0. The first-order valence-corrected chi connectivity index (χ1v) is 6.29. The van der Waals surface area contributed by atoms with Gasteiger partial charge in [0.15, 0.2) is 0 Å². The van der Waals surface area contributed by atoms with Crippen LogP contribution in [0, 0.1) is 6.92 Å². The minimum atomic E-state index is -0.0897. The summed E-state index contributed by atoms with van der Waals surface area (Å²) in [5.41, 5.74) is 9.18. The van der Waals surface area contributed by atoms with Crippen molar-refractivity contribution >= 4 is 11.6 Å². The Morgan fingerprint density at radius 3 is 2.21 bits per heavy atom. The molecule has 1 amide bonds. The van der Waals surface area contributed by atoms with Crippen LogP contribution >= 0.6 is 0 Å². The molecule has 0 bridgehead atoms. The quantitative estimate of drug-likeness (QED) is 0.827. The van der Waals surface area contributed by atoms with Gasteiger partial charge in [-0.3, -0.25) is 4.79 Å². The van der Waals surface area contributed by atoms with E-state index >= 15 is 0 Å². The first-order valence-electron chi connectivity index (χ1n) is 6.29. The Balaban J connectivity index is 2.06. The van der Waals surface area contributed by atoms with Crippen molar-refractivity contribution in [2.45, 2.75) is 19.9 Å². The van der Waals surface area contributed by atoms with Gasteiger partial charge in [-0.15, -0.1) is 0 Å². The Bertz CT molecular complexity index is 558. The van der Waals surface area contributed by atoms with Crippen molar-refractivity contribution in [1.82, 2.24) is 5.32 Å². The van der Waals surface area contributed by atoms with Crippen LogP contribution in [0.1, 0.15) is 34.5 Å². The lowest BCUT2D eigenvalue weighted by Gasteiger charge is -2.14. The summed E-state index contributed by atoms with van der Waals surface area (Å²) in [4.78, 5) is 12.1. The standard InChI is InChI=1S/C16H18N2O/c1-11-3-5-13(6-4-11)12(2)18-16(19)14-7-9-15(17)10-8-14/h3-10,12H,17H2,1-2H3,(H,18,19)/t12-/m1/s1. The van der Waals surface area contributed by atoms with Gasteiger partial charge in [0.2, 0.25) is 0 Å². The minimum Gasteiger partial charge on any atom is -0.399 e. The topological polar surface area (TPSA) is 55.1 Å². The summed E-state index contributed by atoms with van der Waals surface area (Å²) < 4.78 is 0. The monoisotopic (exact) mass is 254 g/mol. The normalized spacial score (nSPS) is 11.9. The van der Waals surface area contributed by atoms with E-state index in [1.807, 2.05) is 38.1 Å². The van der Waals surface area contributed by atoms with Crippen LogP contribution in [0.2, 0.25) is 0 Å². The van der Waals surface area contributed by atoms with E-state index < -0.39 is 0 Å². The summed E-state index contributed by atoms with van der Waals surface area (Å²) >= 11 is 0. The molecule has 0 aliphatic heterocycles. The van der Waals surface area contributed by atoms with Crippen LogP contribution in [0.25, 0.3) is 0 Å². The van der Waals surface area contributed by atoms with Crippen molar-refractivity contribution in [3.63, 3.8) is 0 Å². The summed E-state index contributed by atoms with van der Waals surface area (Å²) in [6.07, 6.45) is 0. The zero-order valence-corrected chi connectivity index (χ0v) is 11.2. The molecule has 0 radical (unpaired) electrons. The summed E-state index contributed by atoms with van der Waals surface area (Å²) in [6, 6.07) is 15.0. The van der Waals surface area contributed by atoms with Gasteiger partial charge in [-0.25, -0.2) is 0 Å². The smallest absolute Gasteiger partial charge is 0.251 e. The number of carbonyl (C=O) groups is 1. The predicted molar refractivity (Wildman–Crippen MR) is 77.9 cm³/mol. The Morgan fingerprint density at radius 2 is 1.63 bits per heavy atom. The van der Waals surface area contributed by atoms with Crippen molar-refractivity contribution < 1.29 is 4.79 Å². The molecule has 3 N–H and O–H groups in total. The Labute approximate surface area is 113 Å². The van der Waals surface area contributed by atoms with Crippen molar-refractivity contribution in [1.29, 1.82) is 0 Å². The first kappa shape index (κ1) is 13.1. The average molecular weight is 254 g/mol. The number of nitrogens with two attached hydrogens (primary N) is 1. The van der Waals surface area contributed by atoms with Crippen molar-refractivity contribution in [3.05, 3.63) is 65.2 Å². The maximum absolute atomic E-state index is 12.1. The van der Waals surface area contributed by atoms with Crippen molar-refractivity contribution in [3.8, 4) is 0 Å². The van der Waals surface area contributed by atoms with E-state index in [0.29, 0.717) is 11.3 Å². The molecule has 1 atom stereocenters. The van der Waals surface area contributed by atoms with Crippen LogP contribution < -0.4 is 11.1 Å².